The topological polar surface area (TPSA) is 67.4 Å². The summed E-state index contributed by atoms with van der Waals surface area (Å²) in [5.41, 5.74) is 2.35. The first-order valence-corrected chi connectivity index (χ1v) is 11.8. The van der Waals surface area contributed by atoms with Crippen molar-refractivity contribution < 1.29 is 14.3 Å². The van der Waals surface area contributed by atoms with Crippen molar-refractivity contribution in [2.45, 2.75) is 58.2 Å². The summed E-state index contributed by atoms with van der Waals surface area (Å²) in [6, 6.07) is 0. The normalized spacial score (nSPS) is 21.0. The lowest BCUT2D eigenvalue weighted by Gasteiger charge is -2.30. The number of hydrogen-bond acceptors (Lipinski definition) is 5. The highest BCUT2D eigenvalue weighted by atomic mass is 32.2. The van der Waals surface area contributed by atoms with Crippen molar-refractivity contribution in [2.24, 2.45) is 5.92 Å². The highest BCUT2D eigenvalue weighted by molar-refractivity contribution is 8.02. The van der Waals surface area contributed by atoms with Gasteiger partial charge in [-0.1, -0.05) is 56.9 Å². The number of thioether (sulfide) groups is 1. The summed E-state index contributed by atoms with van der Waals surface area (Å²) in [6.45, 7) is 9.60. The molecular formula is C25H36N2O3S. The number of amides is 1. The monoisotopic (exact) mass is 444 g/mol. The Morgan fingerprint density at radius 2 is 2.10 bits per heavy atom. The van der Waals surface area contributed by atoms with Crippen molar-refractivity contribution in [3.05, 3.63) is 71.5 Å². The van der Waals surface area contributed by atoms with Crippen molar-refractivity contribution in [1.29, 1.82) is 0 Å². The number of ether oxygens (including phenoxy) is 1. The Bertz CT molecular complexity index is 755. The average molecular weight is 445 g/mol. The quantitative estimate of drug-likeness (QED) is 0.362. The van der Waals surface area contributed by atoms with Crippen molar-refractivity contribution >= 4 is 23.6 Å². The molecule has 0 aromatic carbocycles. The standard InChI is InChI=1S/C23H30N2O3S.C2H6/c1-4-6-7-9-17(8-5-2)10-13-21(26)25-20-16-18(22-24-14-15-29-22)11-12-19(20)23(27)28-3;1-2/h4-9,14-15,18,22,24H,1,10-13,16H2,2-3H3,(H,25,26);1-2H3/b7-6+,8-5-,17-9+;. The number of nitrogens with one attached hydrogen (secondary N) is 2. The number of esters is 1. The van der Waals surface area contributed by atoms with Crippen molar-refractivity contribution in [3.8, 4) is 0 Å². The first-order valence-electron chi connectivity index (χ1n) is 10.9. The van der Waals surface area contributed by atoms with E-state index in [-0.39, 0.29) is 17.3 Å². The fraction of sp³-hybridized carbons (Fsp3) is 0.440. The molecule has 0 aromatic rings. The van der Waals surface area contributed by atoms with E-state index in [0.717, 1.165) is 12.0 Å². The summed E-state index contributed by atoms with van der Waals surface area (Å²) in [4.78, 5) is 24.8. The van der Waals surface area contributed by atoms with Crippen LogP contribution in [0.25, 0.3) is 0 Å². The molecule has 2 N–H and O–H groups in total. The van der Waals surface area contributed by atoms with E-state index < -0.39 is 0 Å². The SMILES string of the molecule is C=C/C=C/C=C(\C=C/C)CCC(=O)NC1=C(C(=O)OC)CCC(C2NC=CS2)C1.CC. The Morgan fingerprint density at radius 3 is 2.71 bits per heavy atom. The van der Waals surface area contributed by atoms with Crippen LogP contribution < -0.4 is 10.6 Å². The second-order valence-corrected chi connectivity index (χ2v) is 7.94. The van der Waals surface area contributed by atoms with Crippen LogP contribution >= 0.6 is 11.8 Å². The number of carbonyl (C=O) groups excluding carboxylic acids is 2. The van der Waals surface area contributed by atoms with Gasteiger partial charge in [-0.15, -0.1) is 11.8 Å². The molecule has 1 heterocycles. The third-order valence-electron chi connectivity index (χ3n) is 4.88. The Hall–Kier alpha value is -2.47. The van der Waals surface area contributed by atoms with Crippen LogP contribution in [0.4, 0.5) is 0 Å². The Labute approximate surface area is 191 Å². The fourth-order valence-corrected chi connectivity index (χ4v) is 4.37. The van der Waals surface area contributed by atoms with Crippen LogP contribution in [0.15, 0.2) is 71.5 Å². The lowest BCUT2D eigenvalue weighted by atomic mass is 9.86. The maximum absolute atomic E-state index is 12.6. The molecule has 0 saturated carbocycles. The van der Waals surface area contributed by atoms with E-state index in [1.54, 1.807) is 17.8 Å². The highest BCUT2D eigenvalue weighted by Gasteiger charge is 2.31. The number of hydrogen-bond donors (Lipinski definition) is 2. The minimum absolute atomic E-state index is 0.0877. The van der Waals surface area contributed by atoms with Gasteiger partial charge < -0.3 is 15.4 Å². The third kappa shape index (κ3) is 9.05. The van der Waals surface area contributed by atoms with Gasteiger partial charge in [0, 0.05) is 18.3 Å². The summed E-state index contributed by atoms with van der Waals surface area (Å²) in [5, 5.41) is 8.66. The molecule has 0 bridgehead atoms. The molecule has 170 valence electrons. The second-order valence-electron chi connectivity index (χ2n) is 6.89. The molecule has 0 saturated heterocycles. The Balaban J connectivity index is 0.00000233. The van der Waals surface area contributed by atoms with Gasteiger partial charge in [0.15, 0.2) is 0 Å². The van der Waals surface area contributed by atoms with Gasteiger partial charge >= 0.3 is 5.97 Å². The minimum Gasteiger partial charge on any atom is -0.466 e. The van der Waals surface area contributed by atoms with Crippen molar-refractivity contribution in [1.82, 2.24) is 10.6 Å². The molecule has 1 aliphatic carbocycles. The number of rotatable bonds is 9. The maximum Gasteiger partial charge on any atom is 0.335 e. The van der Waals surface area contributed by atoms with E-state index in [4.69, 9.17) is 4.74 Å². The van der Waals surface area contributed by atoms with Crippen molar-refractivity contribution in [3.63, 3.8) is 0 Å². The predicted molar refractivity (Wildman–Crippen MR) is 131 cm³/mol. The van der Waals surface area contributed by atoms with Crippen molar-refractivity contribution in [2.75, 3.05) is 7.11 Å². The summed E-state index contributed by atoms with van der Waals surface area (Å²) < 4.78 is 4.93. The van der Waals surface area contributed by atoms with E-state index in [2.05, 4.69) is 17.2 Å². The van der Waals surface area contributed by atoms with Gasteiger partial charge in [-0.3, -0.25) is 4.79 Å². The van der Waals surface area contributed by atoms with E-state index in [1.807, 2.05) is 62.8 Å². The molecule has 2 atom stereocenters. The van der Waals surface area contributed by atoms with Gasteiger partial charge in [0.25, 0.3) is 0 Å². The summed E-state index contributed by atoms with van der Waals surface area (Å²) in [6.07, 6.45) is 16.5. The zero-order valence-corrected chi connectivity index (χ0v) is 20.0. The zero-order chi connectivity index (χ0) is 23.1. The molecule has 2 aliphatic rings. The average Bonchev–Trinajstić information content (AvgIpc) is 3.33. The van der Waals surface area contributed by atoms with Gasteiger partial charge in [-0.05, 0) is 49.5 Å². The van der Waals surface area contributed by atoms with Crippen LogP contribution in [-0.4, -0.2) is 24.4 Å². The molecule has 0 aromatic heterocycles. The van der Waals surface area contributed by atoms with Crippen LogP contribution in [0.2, 0.25) is 0 Å². The van der Waals surface area contributed by atoms with Gasteiger partial charge in [-0.2, -0.15) is 0 Å². The van der Waals surface area contributed by atoms with Gasteiger partial charge in [0.05, 0.1) is 18.1 Å². The molecule has 31 heavy (non-hydrogen) atoms. The highest BCUT2D eigenvalue weighted by Crippen LogP contribution is 2.36. The number of allylic oxidation sites excluding steroid dienone is 8. The molecule has 2 rings (SSSR count). The number of methoxy groups -OCH3 is 1. The molecule has 1 amide bonds. The molecule has 2 unspecified atom stereocenters. The smallest absolute Gasteiger partial charge is 0.335 e. The van der Waals surface area contributed by atoms with Crippen LogP contribution in [0.5, 0.6) is 0 Å². The second kappa shape index (κ2) is 15.3. The Morgan fingerprint density at radius 1 is 1.32 bits per heavy atom. The third-order valence-corrected chi connectivity index (χ3v) is 5.99. The summed E-state index contributed by atoms with van der Waals surface area (Å²) >= 11 is 1.74. The predicted octanol–water partition coefficient (Wildman–Crippen LogP) is 5.51. The molecular weight excluding hydrogens is 408 g/mol. The molecule has 6 heteroatoms. The van der Waals surface area contributed by atoms with Gasteiger partial charge in [-0.25, -0.2) is 4.79 Å². The van der Waals surface area contributed by atoms with Crippen LogP contribution in [-0.2, 0) is 14.3 Å². The summed E-state index contributed by atoms with van der Waals surface area (Å²) in [7, 11) is 1.38. The lowest BCUT2D eigenvalue weighted by molar-refractivity contribution is -0.136. The van der Waals surface area contributed by atoms with E-state index in [1.165, 1.54) is 7.11 Å². The molecule has 0 radical (unpaired) electrons. The van der Waals surface area contributed by atoms with Crippen LogP contribution in [0.1, 0.15) is 52.9 Å². The maximum atomic E-state index is 12.6. The summed E-state index contributed by atoms with van der Waals surface area (Å²) in [5.74, 6) is -0.0930. The zero-order valence-electron chi connectivity index (χ0n) is 19.1. The molecule has 0 spiro atoms. The van der Waals surface area contributed by atoms with E-state index in [9.17, 15) is 9.59 Å². The first-order chi connectivity index (χ1) is 15.1. The first kappa shape index (κ1) is 26.6. The molecule has 1 aliphatic heterocycles. The van der Waals surface area contributed by atoms with Crippen LogP contribution in [0.3, 0.4) is 0 Å². The lowest BCUT2D eigenvalue weighted by Crippen LogP contribution is -2.35. The van der Waals surface area contributed by atoms with E-state index in [0.29, 0.717) is 42.9 Å². The minimum atomic E-state index is -0.354. The van der Waals surface area contributed by atoms with Gasteiger partial charge in [0.2, 0.25) is 5.91 Å². The fourth-order valence-electron chi connectivity index (χ4n) is 3.43. The number of carbonyl (C=O) groups is 2. The van der Waals surface area contributed by atoms with Gasteiger partial charge in [0.1, 0.15) is 0 Å². The largest absolute Gasteiger partial charge is 0.466 e. The molecule has 0 fully saturated rings. The Kier molecular flexibility index (Phi) is 13.2. The molecule has 5 nitrogen and oxygen atoms in total. The van der Waals surface area contributed by atoms with Crippen LogP contribution in [0, 0.1) is 5.92 Å². The van der Waals surface area contributed by atoms with E-state index >= 15 is 0 Å².